The minimum absolute atomic E-state index is 0.164. The first-order valence-corrected chi connectivity index (χ1v) is 12.8. The van der Waals surface area contributed by atoms with Gasteiger partial charge in [0.05, 0.1) is 30.3 Å². The lowest BCUT2D eigenvalue weighted by Crippen LogP contribution is -2.38. The number of hydrogen-bond donors (Lipinski definition) is 3. The maximum Gasteiger partial charge on any atom is 0.228 e. The maximum absolute atomic E-state index is 6.07. The lowest BCUT2D eigenvalue weighted by molar-refractivity contribution is 0.122. The van der Waals surface area contributed by atoms with Gasteiger partial charge in [0.1, 0.15) is 11.5 Å². The second kappa shape index (κ2) is 10.5. The third-order valence-corrected chi connectivity index (χ3v) is 6.80. The highest BCUT2D eigenvalue weighted by atomic mass is 35.5. The van der Waals surface area contributed by atoms with Gasteiger partial charge in [0.15, 0.2) is 0 Å². The fraction of sp³-hybridized carbons (Fsp3) is 0.407. The van der Waals surface area contributed by atoms with Gasteiger partial charge in [-0.25, -0.2) is 4.98 Å². The maximum atomic E-state index is 6.07. The van der Waals surface area contributed by atoms with Crippen molar-refractivity contribution in [1.82, 2.24) is 14.9 Å². The molecule has 36 heavy (non-hydrogen) atoms. The van der Waals surface area contributed by atoms with Crippen LogP contribution in [0.3, 0.4) is 0 Å². The van der Waals surface area contributed by atoms with Gasteiger partial charge in [-0.2, -0.15) is 4.98 Å². The molecule has 8 nitrogen and oxygen atoms in total. The number of rotatable bonds is 8. The molecule has 1 saturated heterocycles. The van der Waals surface area contributed by atoms with Crippen LogP contribution in [0, 0.1) is 0 Å². The second-order valence-corrected chi connectivity index (χ2v) is 10.4. The average molecular weight is 508 g/mol. The molecule has 1 fully saturated rings. The Labute approximate surface area is 218 Å². The van der Waals surface area contributed by atoms with Crippen molar-refractivity contribution in [2.75, 3.05) is 67.8 Å². The Morgan fingerprint density at radius 3 is 2.53 bits per heavy atom. The van der Waals surface area contributed by atoms with E-state index >= 15 is 0 Å². The molecule has 1 unspecified atom stereocenters. The summed E-state index contributed by atoms with van der Waals surface area (Å²) in [5, 5.41) is 11.5. The van der Waals surface area contributed by atoms with Crippen LogP contribution >= 0.6 is 11.6 Å². The van der Waals surface area contributed by atoms with Crippen LogP contribution in [0.2, 0.25) is 5.02 Å². The number of aromatic nitrogens is 2. The summed E-state index contributed by atoms with van der Waals surface area (Å²) in [6.07, 6.45) is 2.14. The Morgan fingerprint density at radius 1 is 1.03 bits per heavy atom. The predicted octanol–water partition coefficient (Wildman–Crippen LogP) is 5.27. The van der Waals surface area contributed by atoms with Gasteiger partial charge in [0, 0.05) is 35.4 Å². The normalized spacial score (nSPS) is 19.1. The van der Waals surface area contributed by atoms with Gasteiger partial charge < -0.3 is 30.5 Å². The number of anilines is 5. The van der Waals surface area contributed by atoms with Crippen molar-refractivity contribution < 1.29 is 4.74 Å². The van der Waals surface area contributed by atoms with Crippen LogP contribution in [0.1, 0.15) is 19.8 Å². The lowest BCUT2D eigenvalue weighted by atomic mass is 10.1. The zero-order chi connectivity index (χ0) is 25.1. The molecule has 5 rings (SSSR count). The molecule has 3 N–H and O–H groups in total. The van der Waals surface area contributed by atoms with E-state index in [0.29, 0.717) is 24.2 Å². The molecule has 0 saturated carbocycles. The third-order valence-electron chi connectivity index (χ3n) is 6.54. The van der Waals surface area contributed by atoms with E-state index in [-0.39, 0.29) is 5.66 Å². The van der Waals surface area contributed by atoms with Crippen LogP contribution in [-0.4, -0.2) is 67.5 Å². The molecule has 0 spiro atoms. The summed E-state index contributed by atoms with van der Waals surface area (Å²) in [5.41, 5.74) is 4.88. The molecule has 0 amide bonds. The van der Waals surface area contributed by atoms with E-state index in [9.17, 15) is 0 Å². The molecule has 0 radical (unpaired) electrons. The number of nitrogens with zero attached hydrogens (tertiary/aromatic N) is 4. The standard InChI is InChI=1S/C27H34ClN7O/c1-27(11-4-12-34(2)3)32-22-10-5-19(17-24(22)33-27)23-18-25(29-21-8-6-20(28)7-9-21)31-26(30-23)35-13-15-36-16-14-35/h5-10,17-18,32-33H,4,11-16H2,1-3H3,(H,29,30,31). The second-order valence-electron chi connectivity index (χ2n) is 9.92. The molecule has 9 heteroatoms. The predicted molar refractivity (Wildman–Crippen MR) is 149 cm³/mol. The molecule has 0 bridgehead atoms. The molecule has 2 aromatic carbocycles. The van der Waals surface area contributed by atoms with E-state index in [1.165, 1.54) is 0 Å². The van der Waals surface area contributed by atoms with E-state index in [2.05, 4.69) is 65.0 Å². The Bertz CT molecular complexity index is 1200. The Morgan fingerprint density at radius 2 is 1.78 bits per heavy atom. The molecule has 1 aromatic heterocycles. The molecular formula is C27H34ClN7O. The largest absolute Gasteiger partial charge is 0.378 e. The minimum Gasteiger partial charge on any atom is -0.378 e. The van der Waals surface area contributed by atoms with E-state index in [0.717, 1.165) is 66.6 Å². The molecule has 3 heterocycles. The Kier molecular flexibility index (Phi) is 7.18. The van der Waals surface area contributed by atoms with Crippen LogP contribution in [0.5, 0.6) is 0 Å². The van der Waals surface area contributed by atoms with Crippen molar-refractivity contribution in [1.29, 1.82) is 0 Å². The van der Waals surface area contributed by atoms with E-state index < -0.39 is 0 Å². The highest BCUT2D eigenvalue weighted by Gasteiger charge is 2.31. The van der Waals surface area contributed by atoms with Crippen molar-refractivity contribution in [2.45, 2.75) is 25.4 Å². The number of ether oxygens (including phenoxy) is 1. The first-order chi connectivity index (χ1) is 17.4. The first-order valence-electron chi connectivity index (χ1n) is 12.5. The molecule has 3 aromatic rings. The lowest BCUT2D eigenvalue weighted by Gasteiger charge is -2.27. The summed E-state index contributed by atoms with van der Waals surface area (Å²) < 4.78 is 5.54. The number of benzene rings is 2. The van der Waals surface area contributed by atoms with Crippen molar-refractivity contribution in [3.8, 4) is 11.3 Å². The van der Waals surface area contributed by atoms with Crippen LogP contribution < -0.4 is 20.9 Å². The van der Waals surface area contributed by atoms with Crippen molar-refractivity contribution in [3.05, 3.63) is 53.6 Å². The smallest absolute Gasteiger partial charge is 0.228 e. The average Bonchev–Trinajstić information content (AvgIpc) is 3.21. The molecular weight excluding hydrogens is 474 g/mol. The number of morpholine rings is 1. The van der Waals surface area contributed by atoms with Gasteiger partial charge in [-0.3, -0.25) is 0 Å². The van der Waals surface area contributed by atoms with Crippen molar-refractivity contribution in [3.63, 3.8) is 0 Å². The van der Waals surface area contributed by atoms with Crippen LogP contribution in [0.15, 0.2) is 48.5 Å². The zero-order valence-corrected chi connectivity index (χ0v) is 21.9. The van der Waals surface area contributed by atoms with Crippen molar-refractivity contribution >= 4 is 40.4 Å². The fourth-order valence-corrected chi connectivity index (χ4v) is 4.77. The number of hydrogen-bond acceptors (Lipinski definition) is 8. The zero-order valence-electron chi connectivity index (χ0n) is 21.1. The number of fused-ring (bicyclic) bond motifs is 1. The van der Waals surface area contributed by atoms with Gasteiger partial charge in [0.2, 0.25) is 5.95 Å². The minimum atomic E-state index is -0.164. The fourth-order valence-electron chi connectivity index (χ4n) is 4.65. The highest BCUT2D eigenvalue weighted by molar-refractivity contribution is 6.30. The topological polar surface area (TPSA) is 77.6 Å². The third kappa shape index (κ3) is 5.83. The Balaban J connectivity index is 1.42. The van der Waals surface area contributed by atoms with Crippen LogP contribution in [0.25, 0.3) is 11.3 Å². The summed E-state index contributed by atoms with van der Waals surface area (Å²) in [6.45, 7) is 6.17. The van der Waals surface area contributed by atoms with Crippen LogP contribution in [-0.2, 0) is 4.74 Å². The number of halogens is 1. The van der Waals surface area contributed by atoms with Crippen molar-refractivity contribution in [2.24, 2.45) is 0 Å². The molecule has 2 aliphatic heterocycles. The summed E-state index contributed by atoms with van der Waals surface area (Å²) >= 11 is 6.07. The first kappa shape index (κ1) is 24.6. The van der Waals surface area contributed by atoms with E-state index in [1.807, 2.05) is 30.3 Å². The number of nitrogens with one attached hydrogen (secondary N) is 3. The van der Waals surface area contributed by atoms with Gasteiger partial charge in [-0.15, -0.1) is 0 Å². The monoisotopic (exact) mass is 507 g/mol. The SMILES string of the molecule is CN(C)CCCC1(C)Nc2ccc(-c3cc(Nc4ccc(Cl)cc4)nc(N4CCOCC4)n3)cc2N1. The Hall–Kier alpha value is -3.07. The highest BCUT2D eigenvalue weighted by Crippen LogP contribution is 2.39. The van der Waals surface area contributed by atoms with Gasteiger partial charge >= 0.3 is 0 Å². The molecule has 190 valence electrons. The van der Waals surface area contributed by atoms with E-state index in [1.54, 1.807) is 0 Å². The summed E-state index contributed by atoms with van der Waals surface area (Å²) in [6, 6.07) is 16.1. The van der Waals surface area contributed by atoms with E-state index in [4.69, 9.17) is 26.3 Å². The molecule has 2 aliphatic rings. The summed E-state index contributed by atoms with van der Waals surface area (Å²) in [7, 11) is 4.23. The summed E-state index contributed by atoms with van der Waals surface area (Å²) in [5.74, 6) is 1.44. The molecule has 1 atom stereocenters. The molecule has 0 aliphatic carbocycles. The van der Waals surface area contributed by atoms with Gasteiger partial charge in [-0.05, 0) is 76.8 Å². The van der Waals surface area contributed by atoms with Gasteiger partial charge in [-0.1, -0.05) is 17.7 Å². The quantitative estimate of drug-likeness (QED) is 0.380. The van der Waals surface area contributed by atoms with Crippen LogP contribution in [0.4, 0.5) is 28.8 Å². The summed E-state index contributed by atoms with van der Waals surface area (Å²) in [4.78, 5) is 14.2. The van der Waals surface area contributed by atoms with Gasteiger partial charge in [0.25, 0.3) is 0 Å².